The number of nitrogens with zero attached hydrogens (tertiary/aromatic N) is 2. The minimum Gasteiger partial charge on any atom is -0.490 e. The maximum Gasteiger partial charge on any atom is 0.219 e. The molecule has 6 nitrogen and oxygen atoms in total. The largest absolute Gasteiger partial charge is 0.490 e. The van der Waals surface area contributed by atoms with Crippen LogP contribution in [0.5, 0.6) is 17.4 Å². The van der Waals surface area contributed by atoms with E-state index in [1.165, 1.54) is 0 Å². The van der Waals surface area contributed by atoms with Gasteiger partial charge in [0, 0.05) is 30.9 Å². The number of rotatable bonds is 8. The lowest BCUT2D eigenvalue weighted by Gasteiger charge is -2.11. The average molecular weight is 353 g/mol. The van der Waals surface area contributed by atoms with Crippen molar-refractivity contribution in [3.63, 3.8) is 0 Å². The molecule has 1 N–H and O–H groups in total. The Labute approximate surface area is 153 Å². The highest BCUT2D eigenvalue weighted by Gasteiger charge is 2.09. The molecule has 0 atom stereocenters. The number of hydrogen-bond donors (Lipinski definition) is 1. The minimum absolute atomic E-state index is 0.534. The van der Waals surface area contributed by atoms with Crippen LogP contribution >= 0.6 is 0 Å². The van der Waals surface area contributed by atoms with Crippen molar-refractivity contribution in [3.05, 3.63) is 65.2 Å². The van der Waals surface area contributed by atoms with E-state index in [1.807, 2.05) is 57.2 Å². The number of aryl methyl sites for hydroxylation is 2. The maximum atomic E-state index is 5.83. The number of hydrogen-bond acceptors (Lipinski definition) is 6. The third-order valence-corrected chi connectivity index (χ3v) is 3.97. The van der Waals surface area contributed by atoms with Crippen molar-refractivity contribution in [2.24, 2.45) is 0 Å². The number of benzene rings is 1. The molecule has 0 aliphatic heterocycles. The molecule has 0 aliphatic rings. The van der Waals surface area contributed by atoms with E-state index in [1.54, 1.807) is 6.20 Å². The molecular formula is C20H23N3O3. The molecule has 136 valence electrons. The number of nitrogens with one attached hydrogen (secondary N) is 1. The fourth-order valence-electron chi connectivity index (χ4n) is 2.58. The van der Waals surface area contributed by atoms with Crippen LogP contribution in [0.4, 0.5) is 0 Å². The fraction of sp³-hybridized carbons (Fsp3) is 0.300. The molecule has 0 fully saturated rings. The standard InChI is InChI=1S/C20H23N3O3/c1-4-24-18-7-5-6-8-19(18)25-20-10-9-16(12-22-20)11-21-13-17-14(2)23-26-15(17)3/h5-10,12,21H,4,11,13H2,1-3H3. The molecule has 0 radical (unpaired) electrons. The molecule has 1 aromatic carbocycles. The lowest BCUT2D eigenvalue weighted by Crippen LogP contribution is -2.13. The summed E-state index contributed by atoms with van der Waals surface area (Å²) in [5.41, 5.74) is 3.09. The van der Waals surface area contributed by atoms with Crippen molar-refractivity contribution in [2.45, 2.75) is 33.9 Å². The van der Waals surface area contributed by atoms with Gasteiger partial charge in [0.25, 0.3) is 0 Å². The molecule has 0 saturated carbocycles. The molecular weight excluding hydrogens is 330 g/mol. The van der Waals surface area contributed by atoms with E-state index in [4.69, 9.17) is 14.0 Å². The van der Waals surface area contributed by atoms with Crippen molar-refractivity contribution in [2.75, 3.05) is 6.61 Å². The molecule has 3 rings (SSSR count). The Kier molecular flexibility index (Phi) is 5.86. The van der Waals surface area contributed by atoms with Gasteiger partial charge in [0.2, 0.25) is 5.88 Å². The number of aromatic nitrogens is 2. The molecule has 0 saturated heterocycles. The molecule has 2 aromatic heterocycles. The maximum absolute atomic E-state index is 5.83. The zero-order valence-electron chi connectivity index (χ0n) is 15.3. The second-order valence-electron chi connectivity index (χ2n) is 5.89. The lowest BCUT2D eigenvalue weighted by atomic mass is 10.2. The summed E-state index contributed by atoms with van der Waals surface area (Å²) in [6.07, 6.45) is 1.80. The summed E-state index contributed by atoms with van der Waals surface area (Å²) in [7, 11) is 0. The Bertz CT molecular complexity index is 824. The molecule has 0 bridgehead atoms. The highest BCUT2D eigenvalue weighted by atomic mass is 16.5. The first-order chi connectivity index (χ1) is 12.7. The third-order valence-electron chi connectivity index (χ3n) is 3.97. The van der Waals surface area contributed by atoms with Crippen LogP contribution in [0.15, 0.2) is 47.1 Å². The van der Waals surface area contributed by atoms with Crippen molar-refractivity contribution >= 4 is 0 Å². The first-order valence-corrected chi connectivity index (χ1v) is 8.64. The second-order valence-corrected chi connectivity index (χ2v) is 5.89. The number of para-hydroxylation sites is 2. The molecule has 26 heavy (non-hydrogen) atoms. The summed E-state index contributed by atoms with van der Waals surface area (Å²) in [5.74, 6) is 2.75. The fourth-order valence-corrected chi connectivity index (χ4v) is 2.58. The van der Waals surface area contributed by atoms with Crippen LogP contribution in [-0.4, -0.2) is 16.7 Å². The van der Waals surface area contributed by atoms with E-state index in [0.717, 1.165) is 22.6 Å². The smallest absolute Gasteiger partial charge is 0.219 e. The summed E-state index contributed by atoms with van der Waals surface area (Å²) in [5, 5.41) is 7.34. The van der Waals surface area contributed by atoms with E-state index < -0.39 is 0 Å². The van der Waals surface area contributed by atoms with Crippen LogP contribution < -0.4 is 14.8 Å². The average Bonchev–Trinajstić information content (AvgIpc) is 2.97. The van der Waals surface area contributed by atoms with Gasteiger partial charge in [0.05, 0.1) is 12.3 Å². The van der Waals surface area contributed by atoms with E-state index in [9.17, 15) is 0 Å². The van der Waals surface area contributed by atoms with E-state index in [0.29, 0.717) is 37.1 Å². The van der Waals surface area contributed by atoms with E-state index >= 15 is 0 Å². The zero-order chi connectivity index (χ0) is 18.4. The van der Waals surface area contributed by atoms with Crippen molar-refractivity contribution < 1.29 is 14.0 Å². The van der Waals surface area contributed by atoms with Gasteiger partial charge in [-0.05, 0) is 38.5 Å². The Hall–Kier alpha value is -2.86. The van der Waals surface area contributed by atoms with Gasteiger partial charge in [-0.15, -0.1) is 0 Å². The Morgan fingerprint density at radius 1 is 1.04 bits per heavy atom. The quantitative estimate of drug-likeness (QED) is 0.655. The molecule has 0 unspecified atom stereocenters. The summed E-state index contributed by atoms with van der Waals surface area (Å²) < 4.78 is 16.6. The molecule has 3 aromatic rings. The van der Waals surface area contributed by atoms with Crippen molar-refractivity contribution in [1.29, 1.82) is 0 Å². The normalized spacial score (nSPS) is 10.7. The Balaban J connectivity index is 1.57. The predicted octanol–water partition coefficient (Wildman–Crippen LogP) is 4.17. The van der Waals surface area contributed by atoms with Crippen LogP contribution in [0.25, 0.3) is 0 Å². The van der Waals surface area contributed by atoms with Gasteiger partial charge in [-0.25, -0.2) is 4.98 Å². The zero-order valence-corrected chi connectivity index (χ0v) is 15.3. The highest BCUT2D eigenvalue weighted by Crippen LogP contribution is 2.30. The third kappa shape index (κ3) is 4.40. The van der Waals surface area contributed by atoms with Gasteiger partial charge in [-0.2, -0.15) is 0 Å². The Morgan fingerprint density at radius 3 is 2.50 bits per heavy atom. The van der Waals surface area contributed by atoms with Crippen molar-refractivity contribution in [1.82, 2.24) is 15.5 Å². The molecule has 6 heteroatoms. The predicted molar refractivity (Wildman–Crippen MR) is 98.4 cm³/mol. The summed E-state index contributed by atoms with van der Waals surface area (Å²) >= 11 is 0. The van der Waals surface area contributed by atoms with Crippen LogP contribution in [0.1, 0.15) is 29.5 Å². The SMILES string of the molecule is CCOc1ccccc1Oc1ccc(CNCc2c(C)noc2C)cn1. The monoisotopic (exact) mass is 353 g/mol. The van der Waals surface area contributed by atoms with Crippen molar-refractivity contribution in [3.8, 4) is 17.4 Å². The van der Waals surface area contributed by atoms with Gasteiger partial charge < -0.3 is 19.3 Å². The van der Waals surface area contributed by atoms with Crippen LogP contribution in [0.2, 0.25) is 0 Å². The van der Waals surface area contributed by atoms with Gasteiger partial charge in [0.1, 0.15) is 5.76 Å². The van der Waals surface area contributed by atoms with Crippen LogP contribution in [0, 0.1) is 13.8 Å². The van der Waals surface area contributed by atoms with E-state index in [-0.39, 0.29) is 0 Å². The van der Waals surface area contributed by atoms with Crippen LogP contribution in [0.3, 0.4) is 0 Å². The molecule has 0 amide bonds. The first kappa shape index (κ1) is 17.9. The van der Waals surface area contributed by atoms with Gasteiger partial charge in [-0.1, -0.05) is 23.4 Å². The summed E-state index contributed by atoms with van der Waals surface area (Å²) in [4.78, 5) is 4.38. The van der Waals surface area contributed by atoms with Gasteiger partial charge in [0.15, 0.2) is 11.5 Å². The topological polar surface area (TPSA) is 69.4 Å². The summed E-state index contributed by atoms with van der Waals surface area (Å²) in [6, 6.07) is 11.4. The van der Waals surface area contributed by atoms with E-state index in [2.05, 4.69) is 15.5 Å². The molecule has 0 aliphatic carbocycles. The van der Waals surface area contributed by atoms with Crippen LogP contribution in [-0.2, 0) is 13.1 Å². The first-order valence-electron chi connectivity index (χ1n) is 8.64. The molecule has 0 spiro atoms. The second kappa shape index (κ2) is 8.49. The lowest BCUT2D eigenvalue weighted by molar-refractivity contribution is 0.319. The van der Waals surface area contributed by atoms with Gasteiger partial charge in [-0.3, -0.25) is 0 Å². The minimum atomic E-state index is 0.534. The summed E-state index contributed by atoms with van der Waals surface area (Å²) in [6.45, 7) is 7.81. The number of ether oxygens (including phenoxy) is 2. The Morgan fingerprint density at radius 2 is 1.85 bits per heavy atom. The van der Waals surface area contributed by atoms with Gasteiger partial charge >= 0.3 is 0 Å². The highest BCUT2D eigenvalue weighted by molar-refractivity contribution is 5.41. The number of pyridine rings is 1. The molecule has 2 heterocycles.